The summed E-state index contributed by atoms with van der Waals surface area (Å²) < 4.78 is 10.4. The summed E-state index contributed by atoms with van der Waals surface area (Å²) in [4.78, 5) is 17.1. The molecule has 0 radical (unpaired) electrons. The minimum absolute atomic E-state index is 0.0277. The van der Waals surface area contributed by atoms with Crippen molar-refractivity contribution in [3.8, 4) is 0 Å². The van der Waals surface area contributed by atoms with Crippen LogP contribution in [0.15, 0.2) is 15.1 Å². The number of aryl methyl sites for hydroxylation is 3. The molecule has 1 spiro atoms. The Morgan fingerprint density at radius 3 is 2.64 bits per heavy atom. The molecule has 4 heterocycles. The Hall–Kier alpha value is -2.15. The number of rotatable bonds is 3. The molecule has 0 aliphatic carbocycles. The first-order valence-electron chi connectivity index (χ1n) is 8.88. The van der Waals surface area contributed by atoms with Crippen LogP contribution in [-0.4, -0.2) is 51.2 Å². The van der Waals surface area contributed by atoms with Crippen LogP contribution in [0.3, 0.4) is 0 Å². The highest BCUT2D eigenvalue weighted by Crippen LogP contribution is 2.40. The Morgan fingerprint density at radius 1 is 1.20 bits per heavy atom. The van der Waals surface area contributed by atoms with Crippen molar-refractivity contribution in [1.29, 1.82) is 0 Å². The fourth-order valence-corrected chi connectivity index (χ4v) is 4.13. The van der Waals surface area contributed by atoms with Crippen molar-refractivity contribution in [3.63, 3.8) is 0 Å². The minimum atomic E-state index is -0.0277. The van der Waals surface area contributed by atoms with Crippen molar-refractivity contribution >= 4 is 5.91 Å². The number of piperidine rings is 1. The number of hydrogen-bond donors (Lipinski definition) is 0. The molecular weight excluding hydrogens is 320 g/mol. The molecule has 0 N–H and O–H groups in total. The molecule has 1 atom stereocenters. The smallest absolute Gasteiger partial charge is 0.276 e. The van der Waals surface area contributed by atoms with Crippen molar-refractivity contribution in [2.45, 2.75) is 52.1 Å². The summed E-state index contributed by atoms with van der Waals surface area (Å²) >= 11 is 0. The highest BCUT2D eigenvalue weighted by atomic mass is 16.5. The molecule has 2 aliphatic rings. The second kappa shape index (κ2) is 5.98. The van der Waals surface area contributed by atoms with E-state index >= 15 is 0 Å². The highest BCUT2D eigenvalue weighted by molar-refractivity contribution is 5.92. The first-order valence-corrected chi connectivity index (χ1v) is 8.88. The maximum absolute atomic E-state index is 12.7. The summed E-state index contributed by atoms with van der Waals surface area (Å²) in [5.41, 5.74) is 2.62. The van der Waals surface area contributed by atoms with E-state index in [2.05, 4.69) is 15.2 Å². The molecule has 4 rings (SSSR count). The van der Waals surface area contributed by atoms with E-state index < -0.39 is 0 Å². The van der Waals surface area contributed by atoms with Gasteiger partial charge in [0, 0.05) is 43.3 Å². The molecule has 0 saturated carbocycles. The number of carbonyl (C=O) groups excluding carboxylic acids is 1. The molecule has 7 nitrogen and oxygen atoms in total. The van der Waals surface area contributed by atoms with Gasteiger partial charge in [0.25, 0.3) is 5.91 Å². The van der Waals surface area contributed by atoms with Gasteiger partial charge in [0.2, 0.25) is 0 Å². The lowest BCUT2D eigenvalue weighted by atomic mass is 9.77. The van der Waals surface area contributed by atoms with Crippen molar-refractivity contribution in [2.75, 3.05) is 19.6 Å². The Kier molecular flexibility index (Phi) is 3.91. The van der Waals surface area contributed by atoms with Gasteiger partial charge in [0.05, 0.1) is 5.69 Å². The van der Waals surface area contributed by atoms with Crippen LogP contribution in [0.4, 0.5) is 0 Å². The number of likely N-dealkylation sites (tertiary alicyclic amines) is 2. The van der Waals surface area contributed by atoms with Crippen LogP contribution in [0, 0.1) is 20.8 Å². The number of aromatic nitrogens is 2. The molecular formula is C18H24N4O3. The molecule has 2 saturated heterocycles. The van der Waals surface area contributed by atoms with Crippen LogP contribution in [0.5, 0.6) is 0 Å². The highest BCUT2D eigenvalue weighted by Gasteiger charge is 2.48. The largest absolute Gasteiger partial charge is 0.361 e. The zero-order valence-electron chi connectivity index (χ0n) is 15.0. The third-order valence-electron chi connectivity index (χ3n) is 5.74. The van der Waals surface area contributed by atoms with Crippen LogP contribution >= 0.6 is 0 Å². The number of hydrogen-bond acceptors (Lipinski definition) is 6. The van der Waals surface area contributed by atoms with Gasteiger partial charge in [-0.2, -0.15) is 0 Å². The molecule has 2 aromatic rings. The lowest BCUT2D eigenvalue weighted by molar-refractivity contribution is -0.0652. The molecule has 2 aliphatic heterocycles. The summed E-state index contributed by atoms with van der Waals surface area (Å²) in [7, 11) is 0. The Balaban J connectivity index is 1.49. The van der Waals surface area contributed by atoms with Crippen LogP contribution in [0.25, 0.3) is 0 Å². The van der Waals surface area contributed by atoms with Crippen molar-refractivity contribution in [3.05, 3.63) is 34.5 Å². The van der Waals surface area contributed by atoms with E-state index in [0.29, 0.717) is 11.5 Å². The second-order valence-corrected chi connectivity index (χ2v) is 7.35. The Morgan fingerprint density at radius 2 is 2.04 bits per heavy atom. The van der Waals surface area contributed by atoms with Gasteiger partial charge in [-0.1, -0.05) is 10.3 Å². The maximum atomic E-state index is 12.7. The van der Waals surface area contributed by atoms with Gasteiger partial charge in [0.1, 0.15) is 11.5 Å². The standard InChI is InChI=1S/C18H24N4O3/c1-12-9-16(20-24-12)17(23)21-7-4-5-18(11-21)6-8-22(18)10-15-13(2)19-25-14(15)3/h9H,4-8,10-11H2,1-3H3/t18-/m1/s1. The lowest BCUT2D eigenvalue weighted by Crippen LogP contribution is -2.67. The van der Waals surface area contributed by atoms with Gasteiger partial charge in [-0.25, -0.2) is 0 Å². The third kappa shape index (κ3) is 2.76. The van der Waals surface area contributed by atoms with E-state index in [4.69, 9.17) is 9.05 Å². The quantitative estimate of drug-likeness (QED) is 0.851. The van der Waals surface area contributed by atoms with Gasteiger partial charge >= 0.3 is 0 Å². The van der Waals surface area contributed by atoms with E-state index in [1.807, 2.05) is 18.7 Å². The summed E-state index contributed by atoms with van der Waals surface area (Å²) in [6.45, 7) is 9.18. The summed E-state index contributed by atoms with van der Waals surface area (Å²) in [6.07, 6.45) is 3.26. The summed E-state index contributed by atoms with van der Waals surface area (Å²) in [5, 5.41) is 7.95. The van der Waals surface area contributed by atoms with Crippen LogP contribution in [0.1, 0.15) is 52.5 Å². The number of amides is 1. The third-order valence-corrected chi connectivity index (χ3v) is 5.74. The zero-order valence-corrected chi connectivity index (χ0v) is 15.0. The second-order valence-electron chi connectivity index (χ2n) is 7.35. The minimum Gasteiger partial charge on any atom is -0.361 e. The first-order chi connectivity index (χ1) is 12.0. The fraction of sp³-hybridized carbons (Fsp3) is 0.611. The predicted molar refractivity (Wildman–Crippen MR) is 90.1 cm³/mol. The van der Waals surface area contributed by atoms with Gasteiger partial charge in [0.15, 0.2) is 5.69 Å². The molecule has 0 bridgehead atoms. The van der Waals surface area contributed by atoms with Crippen LogP contribution in [0.2, 0.25) is 0 Å². The lowest BCUT2D eigenvalue weighted by Gasteiger charge is -2.57. The van der Waals surface area contributed by atoms with Crippen molar-refractivity contribution in [2.24, 2.45) is 0 Å². The van der Waals surface area contributed by atoms with Gasteiger partial charge in [-0.05, 0) is 40.0 Å². The summed E-state index contributed by atoms with van der Waals surface area (Å²) in [6, 6.07) is 1.71. The topological polar surface area (TPSA) is 75.6 Å². The molecule has 2 fully saturated rings. The molecule has 134 valence electrons. The van der Waals surface area contributed by atoms with E-state index in [-0.39, 0.29) is 11.4 Å². The molecule has 1 amide bonds. The molecule has 2 aromatic heterocycles. The van der Waals surface area contributed by atoms with Gasteiger partial charge < -0.3 is 13.9 Å². The number of nitrogens with zero attached hydrogens (tertiary/aromatic N) is 4. The number of carbonyl (C=O) groups is 1. The van der Waals surface area contributed by atoms with E-state index in [1.165, 1.54) is 5.56 Å². The molecule has 0 unspecified atom stereocenters. The van der Waals surface area contributed by atoms with Crippen LogP contribution < -0.4 is 0 Å². The van der Waals surface area contributed by atoms with E-state index in [0.717, 1.165) is 56.9 Å². The van der Waals surface area contributed by atoms with Crippen LogP contribution in [-0.2, 0) is 6.54 Å². The zero-order chi connectivity index (χ0) is 17.6. The maximum Gasteiger partial charge on any atom is 0.276 e. The molecule has 7 heteroatoms. The van der Waals surface area contributed by atoms with Gasteiger partial charge in [-0.15, -0.1) is 0 Å². The molecule has 25 heavy (non-hydrogen) atoms. The first kappa shape index (κ1) is 16.3. The molecule has 0 aromatic carbocycles. The Labute approximate surface area is 146 Å². The SMILES string of the molecule is Cc1cc(C(=O)N2CCC[C@@]3(CCN3Cc3c(C)noc3C)C2)no1. The van der Waals surface area contributed by atoms with Crippen molar-refractivity contribution < 1.29 is 13.8 Å². The van der Waals surface area contributed by atoms with E-state index in [1.54, 1.807) is 13.0 Å². The fourth-order valence-electron chi connectivity index (χ4n) is 4.13. The average molecular weight is 344 g/mol. The predicted octanol–water partition coefficient (Wildman–Crippen LogP) is 2.47. The Bertz CT molecular complexity index is 777. The van der Waals surface area contributed by atoms with Gasteiger partial charge in [-0.3, -0.25) is 9.69 Å². The average Bonchev–Trinajstić information content (AvgIpc) is 3.17. The van der Waals surface area contributed by atoms with E-state index in [9.17, 15) is 4.79 Å². The monoisotopic (exact) mass is 344 g/mol. The van der Waals surface area contributed by atoms with Crippen molar-refractivity contribution in [1.82, 2.24) is 20.1 Å². The summed E-state index contributed by atoms with van der Waals surface area (Å²) in [5.74, 6) is 1.53. The normalized spacial score (nSPS) is 23.9.